The molecule has 0 rings (SSSR count). The van der Waals surface area contributed by atoms with Crippen molar-refractivity contribution < 1.29 is 46.3 Å². The molecule has 0 aromatic carbocycles. The molecule has 0 saturated carbocycles. The van der Waals surface area contributed by atoms with Crippen LogP contribution in [0.5, 0.6) is 0 Å². The van der Waals surface area contributed by atoms with E-state index in [1.807, 2.05) is 0 Å². The van der Waals surface area contributed by atoms with Crippen molar-refractivity contribution in [3.8, 4) is 0 Å². The van der Waals surface area contributed by atoms with Crippen molar-refractivity contribution in [3.63, 3.8) is 0 Å². The fourth-order valence-corrected chi connectivity index (χ4v) is 0.700. The van der Waals surface area contributed by atoms with E-state index in [9.17, 15) is 19.8 Å². The Morgan fingerprint density at radius 3 is 1.32 bits per heavy atom. The van der Waals surface area contributed by atoms with Gasteiger partial charge in [-0.1, -0.05) is 13.8 Å². The third-order valence-electron chi connectivity index (χ3n) is 1.22. The van der Waals surface area contributed by atoms with E-state index in [1.54, 1.807) is 13.8 Å². The zero-order valence-corrected chi connectivity index (χ0v) is 12.3. The summed E-state index contributed by atoms with van der Waals surface area (Å²) in [5.74, 6) is -1.70. The van der Waals surface area contributed by atoms with Gasteiger partial charge in [0.25, 0.3) is 0 Å². The molecule has 0 fully saturated rings. The van der Waals surface area contributed by atoms with Crippen molar-refractivity contribution in [2.45, 2.75) is 27.7 Å². The van der Waals surface area contributed by atoms with Crippen molar-refractivity contribution in [2.75, 3.05) is 13.2 Å². The van der Waals surface area contributed by atoms with Crippen LogP contribution in [0.4, 0.5) is 0 Å². The number of ether oxygens (including phenoxy) is 2. The van der Waals surface area contributed by atoms with Crippen molar-refractivity contribution in [2.24, 2.45) is 0 Å². The number of allylic oxidation sites excluding steroid dienone is 2. The summed E-state index contributed by atoms with van der Waals surface area (Å²) >= 11 is 0. The van der Waals surface area contributed by atoms with E-state index in [2.05, 4.69) is 9.47 Å². The molecule has 7 heteroatoms. The zero-order chi connectivity index (χ0) is 14.6. The Balaban J connectivity index is -0.000000256. The molecule has 0 aliphatic carbocycles. The summed E-state index contributed by atoms with van der Waals surface area (Å²) in [6.07, 6.45) is 1.84. The first kappa shape index (κ1) is 22.7. The van der Waals surface area contributed by atoms with Gasteiger partial charge in [0.15, 0.2) is 0 Å². The number of rotatable bonds is 4. The van der Waals surface area contributed by atoms with Gasteiger partial charge in [0.05, 0.1) is 13.2 Å². The topological polar surface area (TPSA) is 98.7 Å². The minimum atomic E-state index is -0.565. The molecular weight excluding hydrogens is 304 g/mol. The second kappa shape index (κ2) is 14.6. The summed E-state index contributed by atoms with van der Waals surface area (Å²) in [7, 11) is 0. The smallest absolute Gasteiger partial charge is 0.875 e. The van der Waals surface area contributed by atoms with Crippen LogP contribution in [0.15, 0.2) is 23.7 Å². The van der Waals surface area contributed by atoms with Crippen molar-refractivity contribution in [1.82, 2.24) is 0 Å². The first-order valence-electron chi connectivity index (χ1n) is 5.37. The summed E-state index contributed by atoms with van der Waals surface area (Å²) < 4.78 is 8.87. The van der Waals surface area contributed by atoms with Crippen molar-refractivity contribution in [3.05, 3.63) is 23.7 Å². The van der Waals surface area contributed by atoms with Crippen LogP contribution in [-0.4, -0.2) is 25.2 Å². The molecule has 0 bridgehead atoms. The molecule has 6 nitrogen and oxygen atoms in total. The van der Waals surface area contributed by atoms with Crippen LogP contribution in [0.25, 0.3) is 0 Å². The van der Waals surface area contributed by atoms with Gasteiger partial charge in [0.2, 0.25) is 0 Å². The molecule has 19 heavy (non-hydrogen) atoms. The molecule has 0 amide bonds. The number of carbonyl (C=O) groups is 2. The van der Waals surface area contributed by atoms with E-state index in [0.29, 0.717) is 13.2 Å². The molecule has 0 aromatic heterocycles. The fraction of sp³-hybridized carbons (Fsp3) is 0.500. The maximum absolute atomic E-state index is 10.4. The summed E-state index contributed by atoms with van der Waals surface area (Å²) in [5, 5.41) is 20.3. The van der Waals surface area contributed by atoms with E-state index < -0.39 is 11.9 Å². The van der Waals surface area contributed by atoms with E-state index >= 15 is 0 Å². The summed E-state index contributed by atoms with van der Waals surface area (Å²) in [6.45, 7) is 6.59. The van der Waals surface area contributed by atoms with Gasteiger partial charge in [-0.2, -0.15) is 0 Å². The molecule has 0 N–H and O–H groups in total. The largest absolute Gasteiger partial charge is 2.00 e. The Morgan fingerprint density at radius 2 is 1.16 bits per heavy atom. The number of hydrogen-bond donors (Lipinski definition) is 0. The molecule has 0 aliphatic rings. The Kier molecular flexibility index (Phi) is 17.4. The molecule has 0 aliphatic heterocycles. The summed E-state index contributed by atoms with van der Waals surface area (Å²) in [4.78, 5) is 20.7. The molecule has 113 valence electrons. The Labute approximate surface area is 123 Å². The predicted octanol–water partition coefficient (Wildman–Crippen LogP) is -0.375. The summed E-state index contributed by atoms with van der Waals surface area (Å²) in [6, 6.07) is 0. The Bertz CT molecular complexity index is 282. The normalized spacial score (nSPS) is 10.5. The van der Waals surface area contributed by atoms with E-state index in [0.717, 1.165) is 12.2 Å². The van der Waals surface area contributed by atoms with Gasteiger partial charge in [0.1, 0.15) is 0 Å². The summed E-state index contributed by atoms with van der Waals surface area (Å²) in [5.41, 5.74) is 0. The second-order valence-electron chi connectivity index (χ2n) is 3.01. The number of esters is 2. The van der Waals surface area contributed by atoms with E-state index in [4.69, 9.17) is 0 Å². The predicted molar refractivity (Wildman–Crippen MR) is 60.8 cm³/mol. The molecule has 0 spiro atoms. The van der Waals surface area contributed by atoms with Gasteiger partial charge in [-0.15, -0.1) is 11.5 Å². The van der Waals surface area contributed by atoms with Crippen LogP contribution in [-0.2, 0) is 36.1 Å². The van der Waals surface area contributed by atoms with Gasteiger partial charge in [-0.25, -0.2) is 9.59 Å². The quantitative estimate of drug-likeness (QED) is 0.303. The van der Waals surface area contributed by atoms with Crippen LogP contribution in [0.1, 0.15) is 27.7 Å². The first-order chi connectivity index (χ1) is 8.33. The number of carbonyl (C=O) groups excluding carboxylic acids is 2. The fourth-order valence-electron chi connectivity index (χ4n) is 0.700. The van der Waals surface area contributed by atoms with Gasteiger partial charge < -0.3 is 19.7 Å². The van der Waals surface area contributed by atoms with Crippen molar-refractivity contribution in [1.29, 1.82) is 0 Å². The van der Waals surface area contributed by atoms with Gasteiger partial charge in [-0.05, 0) is 13.8 Å². The first-order valence-corrected chi connectivity index (χ1v) is 5.37. The van der Waals surface area contributed by atoms with E-state index in [-0.39, 0.29) is 28.6 Å². The van der Waals surface area contributed by atoms with Crippen LogP contribution in [0.2, 0.25) is 0 Å². The van der Waals surface area contributed by atoms with Crippen LogP contribution < -0.4 is 10.2 Å². The van der Waals surface area contributed by atoms with Gasteiger partial charge >= 0.3 is 29.0 Å². The monoisotopic (exact) mass is 321 g/mol. The van der Waals surface area contributed by atoms with Crippen LogP contribution in [0, 0.1) is 0 Å². The zero-order valence-electron chi connectivity index (χ0n) is 11.3. The molecule has 0 saturated heterocycles. The minimum Gasteiger partial charge on any atom is -0.875 e. The minimum absolute atomic E-state index is 0. The van der Waals surface area contributed by atoms with Gasteiger partial charge in [0, 0.05) is 12.2 Å². The Morgan fingerprint density at radius 1 is 0.895 bits per heavy atom. The SMILES string of the molecule is CCOC(=O)/C=C(\C)[O-].CCOC(=O)/C=C(\C)[O-].[Cu+2]. The molecule has 0 aromatic rings. The van der Waals surface area contributed by atoms with E-state index in [1.165, 1.54) is 13.8 Å². The molecule has 0 heterocycles. The molecular formula is C12H18CuO6. The average Bonchev–Trinajstić information content (AvgIpc) is 2.16. The molecule has 0 unspecified atom stereocenters. The average molecular weight is 322 g/mol. The van der Waals surface area contributed by atoms with Crippen LogP contribution >= 0.6 is 0 Å². The maximum Gasteiger partial charge on any atom is 2.00 e. The molecule has 1 radical (unpaired) electrons. The Hall–Kier alpha value is -1.46. The second-order valence-corrected chi connectivity index (χ2v) is 3.01. The van der Waals surface area contributed by atoms with Gasteiger partial charge in [-0.3, -0.25) is 0 Å². The number of hydrogen-bond acceptors (Lipinski definition) is 6. The third-order valence-corrected chi connectivity index (χ3v) is 1.22. The molecule has 0 atom stereocenters. The standard InChI is InChI=1S/2C6H10O3.Cu/c2*1-3-9-6(8)4-5(2)7;/h2*4,7H,3H2,1-2H3;/q;;+2/p-2/b2*5-4+;. The third kappa shape index (κ3) is 22.2. The van der Waals surface area contributed by atoms with Crippen molar-refractivity contribution >= 4 is 11.9 Å². The van der Waals surface area contributed by atoms with Crippen LogP contribution in [0.3, 0.4) is 0 Å². The maximum atomic E-state index is 10.4.